The zero-order valence-corrected chi connectivity index (χ0v) is 15.0. The molecule has 0 saturated heterocycles. The van der Waals surface area contributed by atoms with Crippen LogP contribution in [-0.2, 0) is 4.74 Å². The second kappa shape index (κ2) is 7.32. The Morgan fingerprint density at radius 3 is 2.64 bits per heavy atom. The zero-order chi connectivity index (χ0) is 19.7. The van der Waals surface area contributed by atoms with Crippen LogP contribution in [0.3, 0.4) is 0 Å². The number of fused-ring (bicyclic) bond motifs is 1. The molecule has 0 spiro atoms. The summed E-state index contributed by atoms with van der Waals surface area (Å²) in [5.41, 5.74) is 0.724. The Morgan fingerprint density at radius 1 is 1.04 bits per heavy atom. The van der Waals surface area contributed by atoms with Gasteiger partial charge in [0.15, 0.2) is 34.8 Å². The Morgan fingerprint density at radius 2 is 1.86 bits per heavy atom. The number of nitrogens with zero attached hydrogens (tertiary/aromatic N) is 1. The van der Waals surface area contributed by atoms with Crippen LogP contribution >= 0.6 is 11.3 Å². The molecule has 0 aliphatic carbocycles. The molecule has 0 amide bonds. The number of rotatable bonds is 5. The zero-order valence-electron chi connectivity index (χ0n) is 14.1. The first kappa shape index (κ1) is 18.0. The first-order chi connectivity index (χ1) is 13.5. The average molecular weight is 399 g/mol. The fourth-order valence-electron chi connectivity index (χ4n) is 2.50. The van der Waals surface area contributed by atoms with Crippen LogP contribution in [0.1, 0.15) is 20.9 Å². The summed E-state index contributed by atoms with van der Waals surface area (Å²) >= 11 is 1.42. The van der Waals surface area contributed by atoms with Crippen LogP contribution in [0.25, 0.3) is 21.0 Å². The van der Waals surface area contributed by atoms with Crippen LogP contribution in [-0.4, -0.2) is 23.3 Å². The van der Waals surface area contributed by atoms with Crippen molar-refractivity contribution < 1.29 is 27.5 Å². The van der Waals surface area contributed by atoms with Gasteiger partial charge in [0.2, 0.25) is 5.76 Å². The Labute approximate surface area is 161 Å². The second-order valence-electron chi connectivity index (χ2n) is 5.78. The van der Waals surface area contributed by atoms with Gasteiger partial charge in [0.25, 0.3) is 0 Å². The quantitative estimate of drug-likeness (QED) is 0.354. The first-order valence-electron chi connectivity index (χ1n) is 8.12. The molecule has 0 N–H and O–H groups in total. The molecule has 4 aromatic rings. The van der Waals surface area contributed by atoms with Gasteiger partial charge in [-0.25, -0.2) is 18.6 Å². The molecule has 2 aromatic heterocycles. The fourth-order valence-corrected chi connectivity index (χ4v) is 3.42. The molecule has 0 bridgehead atoms. The molecule has 140 valence electrons. The Kier molecular flexibility index (Phi) is 4.70. The number of benzene rings is 2. The maximum Gasteiger partial charge on any atom is 0.374 e. The number of carbonyl (C=O) groups excluding carboxylic acids is 2. The van der Waals surface area contributed by atoms with E-state index >= 15 is 0 Å². The molecule has 28 heavy (non-hydrogen) atoms. The Balaban J connectivity index is 1.44. The van der Waals surface area contributed by atoms with E-state index < -0.39 is 30.0 Å². The summed E-state index contributed by atoms with van der Waals surface area (Å²) in [5, 5.41) is 0.609. The molecule has 0 radical (unpaired) electrons. The summed E-state index contributed by atoms with van der Waals surface area (Å²) in [6, 6.07) is 13.3. The van der Waals surface area contributed by atoms with Crippen LogP contribution in [0.4, 0.5) is 8.78 Å². The van der Waals surface area contributed by atoms with E-state index in [1.54, 1.807) is 6.07 Å². The van der Waals surface area contributed by atoms with Crippen molar-refractivity contribution >= 4 is 33.3 Å². The van der Waals surface area contributed by atoms with E-state index in [-0.39, 0.29) is 11.3 Å². The van der Waals surface area contributed by atoms with E-state index in [2.05, 4.69) is 4.98 Å². The fraction of sp³-hybridized carbons (Fsp3) is 0.0500. The van der Waals surface area contributed by atoms with Crippen LogP contribution in [0.5, 0.6) is 0 Å². The van der Waals surface area contributed by atoms with Crippen LogP contribution in [0.15, 0.2) is 59.0 Å². The van der Waals surface area contributed by atoms with Crippen molar-refractivity contribution in [3.8, 4) is 10.8 Å². The lowest BCUT2D eigenvalue weighted by molar-refractivity contribution is 0.0445. The summed E-state index contributed by atoms with van der Waals surface area (Å²) < 4.78 is 37.5. The third-order valence-electron chi connectivity index (χ3n) is 3.89. The van der Waals surface area contributed by atoms with Gasteiger partial charge in [-0.2, -0.15) is 0 Å². The van der Waals surface area contributed by atoms with Crippen LogP contribution in [0.2, 0.25) is 0 Å². The molecule has 0 aliphatic rings. The molecule has 0 fully saturated rings. The number of ether oxygens (including phenoxy) is 1. The van der Waals surface area contributed by atoms with Gasteiger partial charge in [-0.3, -0.25) is 4.79 Å². The molecule has 0 aliphatic heterocycles. The predicted molar refractivity (Wildman–Crippen MR) is 98.3 cm³/mol. The molecular weight excluding hydrogens is 388 g/mol. The third kappa shape index (κ3) is 3.54. The van der Waals surface area contributed by atoms with Gasteiger partial charge in [-0.05, 0) is 42.5 Å². The Hall–Kier alpha value is -3.39. The molecule has 4 rings (SSSR count). The summed E-state index contributed by atoms with van der Waals surface area (Å²) in [5.74, 6) is -3.41. The van der Waals surface area contributed by atoms with E-state index in [4.69, 9.17) is 9.15 Å². The number of thiazole rings is 1. The van der Waals surface area contributed by atoms with Crippen molar-refractivity contribution in [1.82, 2.24) is 4.98 Å². The third-order valence-corrected chi connectivity index (χ3v) is 4.94. The van der Waals surface area contributed by atoms with E-state index in [0.29, 0.717) is 10.8 Å². The highest BCUT2D eigenvalue weighted by atomic mass is 32.1. The number of furan rings is 1. The highest BCUT2D eigenvalue weighted by Crippen LogP contribution is 2.31. The van der Waals surface area contributed by atoms with Crippen molar-refractivity contribution in [2.75, 3.05) is 6.61 Å². The number of esters is 1. The smallest absolute Gasteiger partial charge is 0.374 e. The minimum atomic E-state index is -1.15. The molecule has 2 heterocycles. The highest BCUT2D eigenvalue weighted by molar-refractivity contribution is 7.21. The van der Waals surface area contributed by atoms with Gasteiger partial charge < -0.3 is 9.15 Å². The minimum Gasteiger partial charge on any atom is -0.451 e. The predicted octanol–water partition coefficient (Wildman–Crippen LogP) is 4.87. The maximum atomic E-state index is 13.2. The van der Waals surface area contributed by atoms with E-state index in [9.17, 15) is 18.4 Å². The highest BCUT2D eigenvalue weighted by Gasteiger charge is 2.18. The molecule has 5 nitrogen and oxygen atoms in total. The summed E-state index contributed by atoms with van der Waals surface area (Å²) in [6.45, 7) is -0.624. The van der Waals surface area contributed by atoms with Crippen LogP contribution in [0, 0.1) is 11.6 Å². The largest absolute Gasteiger partial charge is 0.451 e. The average Bonchev–Trinajstić information content (AvgIpc) is 3.34. The van der Waals surface area contributed by atoms with Crippen molar-refractivity contribution in [1.29, 1.82) is 0 Å². The Bertz CT molecular complexity index is 1160. The molecule has 0 atom stereocenters. The standard InChI is InChI=1S/C20H11F2NO4S/c21-12-6-5-11(9-13(12)22)15(24)10-26-20(25)17-8-7-16(27-17)19-23-14-3-1-2-4-18(14)28-19/h1-9H,10H2. The first-order valence-corrected chi connectivity index (χ1v) is 8.94. The van der Waals surface area contributed by atoms with Crippen molar-refractivity contribution in [3.63, 3.8) is 0 Å². The lowest BCUT2D eigenvalue weighted by atomic mass is 10.1. The van der Waals surface area contributed by atoms with E-state index in [1.807, 2.05) is 24.3 Å². The number of ketones is 1. The maximum absolute atomic E-state index is 13.2. The summed E-state index contributed by atoms with van der Waals surface area (Å²) in [7, 11) is 0. The number of halogens is 2. The van der Waals surface area contributed by atoms with Gasteiger partial charge in [0.05, 0.1) is 10.2 Å². The van der Waals surface area contributed by atoms with Crippen LogP contribution < -0.4 is 0 Å². The lowest BCUT2D eigenvalue weighted by Gasteiger charge is -2.03. The van der Waals surface area contributed by atoms with E-state index in [1.165, 1.54) is 17.4 Å². The monoisotopic (exact) mass is 399 g/mol. The second-order valence-corrected chi connectivity index (χ2v) is 6.81. The van der Waals surface area contributed by atoms with Gasteiger partial charge in [-0.1, -0.05) is 12.1 Å². The van der Waals surface area contributed by atoms with Gasteiger partial charge >= 0.3 is 5.97 Å². The molecule has 2 aromatic carbocycles. The van der Waals surface area contributed by atoms with Gasteiger partial charge in [0, 0.05) is 5.56 Å². The topological polar surface area (TPSA) is 69.4 Å². The number of aromatic nitrogens is 1. The van der Waals surface area contributed by atoms with Crippen molar-refractivity contribution in [2.45, 2.75) is 0 Å². The minimum absolute atomic E-state index is 0.0904. The summed E-state index contributed by atoms with van der Waals surface area (Å²) in [6.07, 6.45) is 0. The van der Waals surface area contributed by atoms with Crippen molar-refractivity contribution in [3.05, 3.63) is 77.6 Å². The van der Waals surface area contributed by atoms with E-state index in [0.717, 1.165) is 28.4 Å². The molecule has 0 saturated carbocycles. The molecule has 8 heteroatoms. The SMILES string of the molecule is O=C(COC(=O)c1ccc(-c2nc3ccccc3s2)o1)c1ccc(F)c(F)c1. The summed E-state index contributed by atoms with van der Waals surface area (Å²) in [4.78, 5) is 28.5. The number of carbonyl (C=O) groups is 2. The number of hydrogen-bond acceptors (Lipinski definition) is 6. The number of Topliss-reactive ketones (excluding diaryl/α,β-unsaturated/α-hetero) is 1. The number of hydrogen-bond donors (Lipinski definition) is 0. The molecule has 0 unspecified atom stereocenters. The normalized spacial score (nSPS) is 10.9. The van der Waals surface area contributed by atoms with Gasteiger partial charge in [0.1, 0.15) is 0 Å². The van der Waals surface area contributed by atoms with Crippen molar-refractivity contribution in [2.24, 2.45) is 0 Å². The lowest BCUT2D eigenvalue weighted by Crippen LogP contribution is -2.14. The number of para-hydroxylation sites is 1. The molecular formula is C20H11F2NO4S. The van der Waals surface area contributed by atoms with Gasteiger partial charge in [-0.15, -0.1) is 11.3 Å².